The molecule has 0 N–H and O–H groups in total. The van der Waals surface area contributed by atoms with Crippen LogP contribution in [0.25, 0.3) is 0 Å². The van der Waals surface area contributed by atoms with E-state index in [2.05, 4.69) is 36.4 Å². The summed E-state index contributed by atoms with van der Waals surface area (Å²) in [5.41, 5.74) is 1.33. The summed E-state index contributed by atoms with van der Waals surface area (Å²) in [4.78, 5) is 0. The SMILES string of the molecule is CC=CCSC(=S)SCc1ccccc1. The Hall–Kier alpha value is -0.250. The van der Waals surface area contributed by atoms with Gasteiger partial charge in [-0.1, -0.05) is 54.7 Å². The molecular weight excluding hydrogens is 240 g/mol. The lowest BCUT2D eigenvalue weighted by Gasteiger charge is -2.01. The Morgan fingerprint density at radius 3 is 2.67 bits per heavy atom. The van der Waals surface area contributed by atoms with E-state index in [-0.39, 0.29) is 0 Å². The highest BCUT2D eigenvalue weighted by atomic mass is 32.2. The van der Waals surface area contributed by atoms with Gasteiger partial charge in [0.25, 0.3) is 0 Å². The first kappa shape index (κ1) is 12.8. The highest BCUT2D eigenvalue weighted by molar-refractivity contribution is 8.46. The number of thiocarbonyl (C=S) groups is 1. The van der Waals surface area contributed by atoms with E-state index in [1.807, 2.05) is 13.0 Å². The van der Waals surface area contributed by atoms with Gasteiger partial charge >= 0.3 is 0 Å². The van der Waals surface area contributed by atoms with E-state index >= 15 is 0 Å². The second-order valence-electron chi connectivity index (χ2n) is 2.90. The molecule has 3 heteroatoms. The van der Waals surface area contributed by atoms with Crippen molar-refractivity contribution in [3.63, 3.8) is 0 Å². The van der Waals surface area contributed by atoms with E-state index in [4.69, 9.17) is 12.2 Å². The van der Waals surface area contributed by atoms with E-state index < -0.39 is 0 Å². The minimum Gasteiger partial charge on any atom is -0.104 e. The summed E-state index contributed by atoms with van der Waals surface area (Å²) in [7, 11) is 0. The van der Waals surface area contributed by atoms with Gasteiger partial charge in [-0.25, -0.2) is 0 Å². The van der Waals surface area contributed by atoms with E-state index in [0.717, 1.165) is 15.0 Å². The molecule has 0 atom stereocenters. The molecule has 0 unspecified atom stereocenters. The summed E-state index contributed by atoms with van der Waals surface area (Å²) in [6.07, 6.45) is 4.18. The molecule has 0 bridgehead atoms. The van der Waals surface area contributed by atoms with Crippen molar-refractivity contribution in [2.24, 2.45) is 0 Å². The topological polar surface area (TPSA) is 0 Å². The molecule has 0 nitrogen and oxygen atoms in total. The smallest absolute Gasteiger partial charge is 0.104 e. The maximum Gasteiger partial charge on any atom is 0.104 e. The molecule has 0 amide bonds. The van der Waals surface area contributed by atoms with Crippen molar-refractivity contribution in [1.82, 2.24) is 0 Å². The summed E-state index contributed by atoms with van der Waals surface area (Å²) in [6, 6.07) is 10.4. The summed E-state index contributed by atoms with van der Waals surface area (Å²) in [5.74, 6) is 1.96. The minimum atomic E-state index is 0.975. The van der Waals surface area contributed by atoms with E-state index in [9.17, 15) is 0 Å². The third-order valence-electron chi connectivity index (χ3n) is 1.73. The molecular formula is C12H14S3. The van der Waals surface area contributed by atoms with Gasteiger partial charge in [-0.15, -0.1) is 23.5 Å². The predicted molar refractivity (Wildman–Crippen MR) is 77.6 cm³/mol. The van der Waals surface area contributed by atoms with Crippen LogP contribution in [0.3, 0.4) is 0 Å². The lowest BCUT2D eigenvalue weighted by Crippen LogP contribution is -1.85. The largest absolute Gasteiger partial charge is 0.104 e. The van der Waals surface area contributed by atoms with Gasteiger partial charge in [0.15, 0.2) is 0 Å². The zero-order valence-corrected chi connectivity index (χ0v) is 11.1. The quantitative estimate of drug-likeness (QED) is 0.573. The van der Waals surface area contributed by atoms with Gasteiger partial charge < -0.3 is 0 Å². The van der Waals surface area contributed by atoms with Crippen molar-refractivity contribution in [3.05, 3.63) is 48.0 Å². The summed E-state index contributed by atoms with van der Waals surface area (Å²) in [6.45, 7) is 2.03. The van der Waals surface area contributed by atoms with Gasteiger partial charge in [0.05, 0.1) is 0 Å². The normalized spacial score (nSPS) is 10.7. The van der Waals surface area contributed by atoms with Crippen molar-refractivity contribution in [1.29, 1.82) is 0 Å². The third-order valence-corrected chi connectivity index (χ3v) is 4.46. The number of hydrogen-bond donors (Lipinski definition) is 0. The molecule has 0 radical (unpaired) electrons. The maximum absolute atomic E-state index is 5.26. The first-order valence-corrected chi connectivity index (χ1v) is 7.15. The van der Waals surface area contributed by atoms with Gasteiger partial charge in [0, 0.05) is 11.5 Å². The highest BCUT2D eigenvalue weighted by Crippen LogP contribution is 2.21. The van der Waals surface area contributed by atoms with Gasteiger partial charge in [-0.2, -0.15) is 0 Å². The zero-order valence-electron chi connectivity index (χ0n) is 8.68. The Morgan fingerprint density at radius 2 is 2.00 bits per heavy atom. The fraction of sp³-hybridized carbons (Fsp3) is 0.250. The number of thioether (sulfide) groups is 2. The van der Waals surface area contributed by atoms with Gasteiger partial charge in [-0.05, 0) is 12.5 Å². The Morgan fingerprint density at radius 1 is 1.27 bits per heavy atom. The molecule has 0 aliphatic carbocycles. The standard InChI is InChI=1S/C12H14S3/c1-2-3-9-14-12(13)15-10-11-7-5-4-6-8-11/h2-8H,9-10H2,1H3. The van der Waals surface area contributed by atoms with Crippen molar-refractivity contribution in [2.45, 2.75) is 12.7 Å². The number of benzene rings is 1. The van der Waals surface area contributed by atoms with Crippen LogP contribution in [0.4, 0.5) is 0 Å². The second kappa shape index (κ2) is 7.97. The molecule has 0 saturated heterocycles. The van der Waals surface area contributed by atoms with Crippen molar-refractivity contribution < 1.29 is 0 Å². The lowest BCUT2D eigenvalue weighted by atomic mass is 10.2. The molecule has 15 heavy (non-hydrogen) atoms. The van der Waals surface area contributed by atoms with Crippen molar-refractivity contribution in [3.8, 4) is 0 Å². The van der Waals surface area contributed by atoms with Crippen molar-refractivity contribution in [2.75, 3.05) is 5.75 Å². The maximum atomic E-state index is 5.26. The monoisotopic (exact) mass is 254 g/mol. The number of hydrogen-bond acceptors (Lipinski definition) is 3. The molecule has 1 aromatic carbocycles. The fourth-order valence-electron chi connectivity index (χ4n) is 0.971. The van der Waals surface area contributed by atoms with Crippen LogP contribution < -0.4 is 0 Å². The van der Waals surface area contributed by atoms with E-state index in [1.54, 1.807) is 23.5 Å². The molecule has 1 aromatic rings. The van der Waals surface area contributed by atoms with Crippen LogP contribution in [0.2, 0.25) is 0 Å². The van der Waals surface area contributed by atoms with Crippen LogP contribution in [-0.4, -0.2) is 9.28 Å². The van der Waals surface area contributed by atoms with E-state index in [1.165, 1.54) is 5.56 Å². The molecule has 0 heterocycles. The van der Waals surface area contributed by atoms with Crippen LogP contribution in [0.1, 0.15) is 12.5 Å². The van der Waals surface area contributed by atoms with E-state index in [0.29, 0.717) is 0 Å². The molecule has 0 aliphatic rings. The predicted octanol–water partition coefficient (Wildman–Crippen LogP) is 4.51. The Kier molecular flexibility index (Phi) is 6.81. The van der Waals surface area contributed by atoms with Crippen LogP contribution in [0.5, 0.6) is 0 Å². The minimum absolute atomic E-state index is 0.975. The molecule has 0 spiro atoms. The third kappa shape index (κ3) is 6.03. The van der Waals surface area contributed by atoms with Crippen LogP contribution in [0.15, 0.2) is 42.5 Å². The number of allylic oxidation sites excluding steroid dienone is 1. The molecule has 0 fully saturated rings. The first-order chi connectivity index (χ1) is 7.33. The van der Waals surface area contributed by atoms with Gasteiger partial charge in [0.2, 0.25) is 0 Å². The molecule has 0 saturated carbocycles. The summed E-state index contributed by atoms with van der Waals surface area (Å²) < 4.78 is 1.02. The van der Waals surface area contributed by atoms with Crippen LogP contribution >= 0.6 is 35.7 Å². The second-order valence-corrected chi connectivity index (χ2v) is 6.10. The van der Waals surface area contributed by atoms with Gasteiger partial charge in [0.1, 0.15) is 3.53 Å². The average molecular weight is 254 g/mol. The molecule has 1 rings (SSSR count). The lowest BCUT2D eigenvalue weighted by molar-refractivity contribution is 1.43. The molecule has 80 valence electrons. The highest BCUT2D eigenvalue weighted by Gasteiger charge is 1.98. The number of rotatable bonds is 4. The zero-order chi connectivity index (χ0) is 10.9. The Labute approximate surface area is 106 Å². The molecule has 0 aromatic heterocycles. The summed E-state index contributed by atoms with van der Waals surface area (Å²) in [5, 5.41) is 0. The summed E-state index contributed by atoms with van der Waals surface area (Å²) >= 11 is 8.73. The van der Waals surface area contributed by atoms with Gasteiger partial charge in [-0.3, -0.25) is 0 Å². The Balaban J connectivity index is 2.23. The average Bonchev–Trinajstić information content (AvgIpc) is 2.28. The Bertz CT molecular complexity index is 317. The fourth-order valence-corrected chi connectivity index (χ4v) is 2.97. The van der Waals surface area contributed by atoms with Crippen LogP contribution in [-0.2, 0) is 5.75 Å². The van der Waals surface area contributed by atoms with Crippen molar-refractivity contribution >= 4 is 39.3 Å². The molecule has 0 aliphatic heterocycles. The van der Waals surface area contributed by atoms with Crippen LogP contribution in [0, 0.1) is 0 Å². The first-order valence-electron chi connectivity index (χ1n) is 4.77.